The van der Waals surface area contributed by atoms with Crippen molar-refractivity contribution in [3.05, 3.63) is 20.0 Å². The van der Waals surface area contributed by atoms with E-state index in [0.717, 1.165) is 0 Å². The van der Waals surface area contributed by atoms with Crippen LogP contribution in [0, 0.1) is 14.9 Å². The van der Waals surface area contributed by atoms with Gasteiger partial charge in [0.2, 0.25) is 8.32 Å². The molecule has 0 amide bonds. The van der Waals surface area contributed by atoms with E-state index < -0.39 is 15.4 Å². The van der Waals surface area contributed by atoms with Crippen molar-refractivity contribution in [3.63, 3.8) is 0 Å². The van der Waals surface area contributed by atoms with Crippen LogP contribution >= 0.6 is 7.05 Å². The molecule has 5 heteroatoms. The van der Waals surface area contributed by atoms with Gasteiger partial charge in [-0.3, -0.25) is 0 Å². The maximum atomic E-state index is 11.2. The van der Waals surface area contributed by atoms with Gasteiger partial charge in [-0.1, -0.05) is 125 Å². The summed E-state index contributed by atoms with van der Waals surface area (Å²) in [5.74, 6) is 0. The van der Waals surface area contributed by atoms with Gasteiger partial charge in [0.1, 0.15) is 0 Å². The Morgan fingerprint density at radius 3 is 0.613 bits per heavy atom. The first-order chi connectivity index (χ1) is 11.5. The summed E-state index contributed by atoms with van der Waals surface area (Å²) in [5.41, 5.74) is 0. The second kappa shape index (κ2) is 11.7. The quantitative estimate of drug-likeness (QED) is 0.197. The van der Waals surface area contributed by atoms with Crippen LogP contribution < -0.4 is 0 Å². The van der Waals surface area contributed by atoms with Crippen LogP contribution in [0.3, 0.4) is 0 Å². The van der Waals surface area contributed by atoms with Crippen molar-refractivity contribution in [2.75, 3.05) is 0 Å². The van der Waals surface area contributed by atoms with E-state index in [-0.39, 0.29) is 67.2 Å². The molecule has 0 aromatic rings. The molecule has 2 nitrogen and oxygen atoms in total. The van der Waals surface area contributed by atoms with Crippen molar-refractivity contribution in [1.82, 2.24) is 0 Å². The third-order valence-electron chi connectivity index (χ3n) is 6.17. The van der Waals surface area contributed by atoms with Gasteiger partial charge in [0.25, 0.3) is 0 Å². The van der Waals surface area contributed by atoms with Crippen LogP contribution in [0.2, 0.25) is 15.1 Å². The van der Waals surface area contributed by atoms with Crippen molar-refractivity contribution in [2.24, 2.45) is 0 Å². The van der Waals surface area contributed by atoms with Crippen LogP contribution in [0.25, 0.3) is 5.16 Å². The molecule has 0 unspecified atom stereocenters. The molecular weight excluding hydrogens is 449 g/mol. The minimum atomic E-state index is -2.35. The maximum absolute atomic E-state index is 11.2. The predicted octanol–water partition coefficient (Wildman–Crippen LogP) is 10.4. The summed E-state index contributed by atoms with van der Waals surface area (Å²) < 4.78 is 0. The van der Waals surface area contributed by atoms with Crippen molar-refractivity contribution >= 4 is 15.4 Å². The average Bonchev–Trinajstić information content (AvgIpc) is 2.29. The summed E-state index contributed by atoms with van der Waals surface area (Å²) in [6, 6.07) is 0. The monoisotopic (exact) mass is 510 g/mol. The maximum Gasteiger partial charge on any atom is 3.00 e. The van der Waals surface area contributed by atoms with E-state index in [1.54, 1.807) is 0 Å². The van der Waals surface area contributed by atoms with Gasteiger partial charge in [-0.15, -0.1) is 0 Å². The second-order valence-corrected chi connectivity index (χ2v) is 25.8. The Balaban J connectivity index is -0.000000133. The van der Waals surface area contributed by atoms with E-state index in [4.69, 9.17) is 0 Å². The molecule has 31 heavy (non-hydrogen) atoms. The van der Waals surface area contributed by atoms with Gasteiger partial charge in [-0.25, -0.2) is 7.05 Å². The third kappa shape index (κ3) is 8.69. The topological polar surface area (TPSA) is 42.5 Å². The Morgan fingerprint density at radius 1 is 0.484 bits per heavy atom. The fourth-order valence-corrected chi connectivity index (χ4v) is 19.2. The molecule has 0 bridgehead atoms. The Kier molecular flexibility index (Phi) is 16.0. The van der Waals surface area contributed by atoms with Gasteiger partial charge >= 0.3 is 21.7 Å². The zero-order valence-electron chi connectivity index (χ0n) is 25.3. The Morgan fingerprint density at radius 2 is 0.613 bits per heavy atom. The van der Waals surface area contributed by atoms with Crippen LogP contribution in [0.4, 0.5) is 0 Å². The van der Waals surface area contributed by atoms with Crippen LogP contribution in [-0.2, 0) is 21.7 Å². The number of hydrogen-bond acceptors (Lipinski definition) is 1. The van der Waals surface area contributed by atoms with Crippen LogP contribution in [0.15, 0.2) is 0 Å². The Hall–Kier alpha value is 1.12. The van der Waals surface area contributed by atoms with E-state index in [1.807, 2.05) is 0 Å². The molecule has 0 aromatic heterocycles. The molecule has 189 valence electrons. The second-order valence-electron chi connectivity index (χ2n) is 14.6. The summed E-state index contributed by atoms with van der Waals surface area (Å²) in [5, 5.41) is 11.2. The van der Waals surface area contributed by atoms with Crippen LogP contribution in [0.1, 0.15) is 125 Å². The van der Waals surface area contributed by atoms with Crippen molar-refractivity contribution in [3.8, 4) is 0 Å². The molecule has 0 aliphatic rings. The van der Waals surface area contributed by atoms with E-state index in [1.165, 1.54) is 0 Å². The van der Waals surface area contributed by atoms with Crippen molar-refractivity contribution in [1.29, 1.82) is 0 Å². The smallest absolute Gasteiger partial charge is 0.807 e. The summed E-state index contributed by atoms with van der Waals surface area (Å²) in [6.07, 6.45) is 0. The molecular formula is C26H61NOPSiTi. The van der Waals surface area contributed by atoms with E-state index in [9.17, 15) is 9.96 Å². The zero-order chi connectivity index (χ0) is 24.0. The number of rotatable bonds is 0. The van der Waals surface area contributed by atoms with E-state index in [0.29, 0.717) is 0 Å². The van der Waals surface area contributed by atoms with Gasteiger partial charge in [-0.05, 0) is 30.6 Å². The zero-order valence-corrected chi connectivity index (χ0v) is 28.8. The molecule has 0 heterocycles. The molecule has 0 atom stereocenters. The first kappa shape index (κ1) is 42.3. The molecule has 0 fully saturated rings. The van der Waals surface area contributed by atoms with Gasteiger partial charge in [0.15, 0.2) is 0 Å². The molecule has 0 spiro atoms. The van der Waals surface area contributed by atoms with Gasteiger partial charge in [-0.2, -0.15) is 0 Å². The fourth-order valence-electron chi connectivity index (χ4n) is 6.39. The normalized spacial score (nSPS) is 14.3. The number of nitrogens with zero attached hydrogens (tertiary/aromatic N) is 1. The SMILES string of the molecule is CC(C)(C)P(=[N-])(C(C)(C)C)C(C)(C)C.CC(C)(C)[Si](O)(C(C)(C)C)C(C)(C)C.[CH3-].[CH3-].[Ti+3]. The molecule has 0 aliphatic carbocycles. The van der Waals surface area contributed by atoms with Crippen molar-refractivity contribution < 1.29 is 26.5 Å². The Labute approximate surface area is 216 Å². The molecule has 1 radical (unpaired) electrons. The molecule has 0 saturated carbocycles. The summed E-state index contributed by atoms with van der Waals surface area (Å²) in [7, 11) is -4.37. The fraction of sp³-hybridized carbons (Fsp3) is 0.923. The van der Waals surface area contributed by atoms with Crippen molar-refractivity contribution in [2.45, 2.75) is 155 Å². The molecule has 1 N–H and O–H groups in total. The Bertz CT molecular complexity index is 480. The molecule has 0 rings (SSSR count). The average molecular weight is 511 g/mol. The molecule has 0 saturated heterocycles. The summed E-state index contributed by atoms with van der Waals surface area (Å²) in [6.45, 7) is 39.1. The molecule has 0 aromatic carbocycles. The number of hydrogen-bond donors (Lipinski definition) is 1. The largest absolute Gasteiger partial charge is 3.00 e. The summed E-state index contributed by atoms with van der Waals surface area (Å²) in [4.78, 5) is 11.2. The third-order valence-corrected chi connectivity index (χ3v) is 18.5. The minimum absolute atomic E-state index is 0. The van der Waals surface area contributed by atoms with Gasteiger partial charge < -0.3 is 24.8 Å². The minimum Gasteiger partial charge on any atom is -0.807 e. The molecule has 0 aliphatic heterocycles. The summed E-state index contributed by atoms with van der Waals surface area (Å²) >= 11 is 0. The van der Waals surface area contributed by atoms with Crippen LogP contribution in [-0.4, -0.2) is 28.6 Å². The first-order valence-corrected chi connectivity index (χ1v) is 14.5. The van der Waals surface area contributed by atoms with Crippen LogP contribution in [0.5, 0.6) is 0 Å². The predicted molar refractivity (Wildman–Crippen MR) is 149 cm³/mol. The van der Waals surface area contributed by atoms with Gasteiger partial charge in [0.05, 0.1) is 0 Å². The van der Waals surface area contributed by atoms with E-state index >= 15 is 0 Å². The standard InChI is InChI=1S/C12H27NP.C12H28OSi.2CH3.Ti/c2*1-10(2,3)14(13,11(4,5)6)12(7,8)9;;;/h1-9H3;13H,1-9H3;2*1H3;/q-1;;2*-1;+3. The first-order valence-electron chi connectivity index (χ1n) is 10.8. The van der Waals surface area contributed by atoms with Gasteiger partial charge in [0, 0.05) is 0 Å². The van der Waals surface area contributed by atoms with E-state index in [2.05, 4.69) is 125 Å².